The van der Waals surface area contributed by atoms with Gasteiger partial charge in [-0.25, -0.2) is 4.68 Å². The predicted molar refractivity (Wildman–Crippen MR) is 75.4 cm³/mol. The molecule has 1 saturated heterocycles. The number of aliphatic carboxylic acids is 1. The minimum absolute atomic E-state index is 0.144. The van der Waals surface area contributed by atoms with Gasteiger partial charge in [0.25, 0.3) is 5.91 Å². The minimum atomic E-state index is -0.841. The van der Waals surface area contributed by atoms with Gasteiger partial charge in [0.05, 0.1) is 11.6 Å². The normalized spacial score (nSPS) is 18.2. The van der Waals surface area contributed by atoms with Crippen molar-refractivity contribution in [2.45, 2.75) is 12.8 Å². The van der Waals surface area contributed by atoms with E-state index in [1.54, 1.807) is 29.2 Å². The second kappa shape index (κ2) is 5.92. The van der Waals surface area contributed by atoms with Gasteiger partial charge in [0.15, 0.2) is 0 Å². The second-order valence-corrected chi connectivity index (χ2v) is 5.23. The van der Waals surface area contributed by atoms with Crippen molar-refractivity contribution in [2.75, 3.05) is 13.1 Å². The van der Waals surface area contributed by atoms with Crippen molar-refractivity contribution >= 4 is 11.9 Å². The topological polar surface area (TPSA) is 101 Å². The first-order chi connectivity index (χ1) is 10.6. The number of aromatic nitrogens is 4. The highest BCUT2D eigenvalue weighted by Gasteiger charge is 2.28. The van der Waals surface area contributed by atoms with Crippen LogP contribution in [-0.4, -0.2) is 55.2 Å². The molecule has 0 bridgehead atoms. The number of piperidine rings is 1. The molecule has 0 radical (unpaired) electrons. The van der Waals surface area contributed by atoms with E-state index >= 15 is 0 Å². The van der Waals surface area contributed by atoms with Crippen LogP contribution in [0.3, 0.4) is 0 Å². The fourth-order valence-electron chi connectivity index (χ4n) is 2.58. The molecule has 114 valence electrons. The Labute approximate surface area is 126 Å². The van der Waals surface area contributed by atoms with Gasteiger partial charge in [-0.2, -0.15) is 0 Å². The summed E-state index contributed by atoms with van der Waals surface area (Å²) in [6.45, 7) is 0.861. The minimum Gasteiger partial charge on any atom is -0.481 e. The van der Waals surface area contributed by atoms with Gasteiger partial charge in [-0.05, 0) is 47.5 Å². The number of benzene rings is 1. The quantitative estimate of drug-likeness (QED) is 0.890. The molecule has 1 aliphatic rings. The van der Waals surface area contributed by atoms with Gasteiger partial charge in [-0.15, -0.1) is 5.10 Å². The number of carboxylic acids is 1. The molecule has 1 unspecified atom stereocenters. The average molecular weight is 301 g/mol. The lowest BCUT2D eigenvalue weighted by atomic mass is 9.97. The van der Waals surface area contributed by atoms with Gasteiger partial charge in [0, 0.05) is 18.7 Å². The molecule has 0 spiro atoms. The molecular formula is C14H15N5O3. The van der Waals surface area contributed by atoms with Gasteiger partial charge < -0.3 is 10.0 Å². The molecule has 1 amide bonds. The Morgan fingerprint density at radius 2 is 2.00 bits per heavy atom. The monoisotopic (exact) mass is 301 g/mol. The van der Waals surface area contributed by atoms with E-state index in [0.717, 1.165) is 5.69 Å². The molecule has 8 nitrogen and oxygen atoms in total. The molecule has 3 rings (SSSR count). The Morgan fingerprint density at radius 1 is 1.23 bits per heavy atom. The average Bonchev–Trinajstić information content (AvgIpc) is 3.09. The van der Waals surface area contributed by atoms with Crippen LogP contribution in [0, 0.1) is 5.92 Å². The van der Waals surface area contributed by atoms with Crippen LogP contribution in [0.4, 0.5) is 0 Å². The lowest BCUT2D eigenvalue weighted by Crippen LogP contribution is -2.42. The maximum Gasteiger partial charge on any atom is 0.308 e. The number of carbonyl (C=O) groups is 2. The van der Waals surface area contributed by atoms with Crippen molar-refractivity contribution in [1.82, 2.24) is 25.1 Å². The van der Waals surface area contributed by atoms with Gasteiger partial charge in [-0.3, -0.25) is 9.59 Å². The van der Waals surface area contributed by atoms with Gasteiger partial charge in [0.1, 0.15) is 6.33 Å². The van der Waals surface area contributed by atoms with E-state index in [4.69, 9.17) is 5.11 Å². The number of amides is 1. The van der Waals surface area contributed by atoms with Gasteiger partial charge in [0.2, 0.25) is 0 Å². The van der Waals surface area contributed by atoms with Crippen LogP contribution < -0.4 is 0 Å². The van der Waals surface area contributed by atoms with Crippen LogP contribution in [0.15, 0.2) is 30.6 Å². The smallest absolute Gasteiger partial charge is 0.308 e. The highest BCUT2D eigenvalue weighted by molar-refractivity contribution is 5.94. The lowest BCUT2D eigenvalue weighted by Gasteiger charge is -2.30. The third-order valence-corrected chi connectivity index (χ3v) is 3.79. The standard InChI is InChI=1S/C14H15N5O3/c20-13(18-7-1-2-11(8-18)14(21)22)10-3-5-12(6-4-10)19-9-15-16-17-19/h3-6,9,11H,1-2,7-8H2,(H,21,22). The third kappa shape index (κ3) is 2.80. The fraction of sp³-hybridized carbons (Fsp3) is 0.357. The summed E-state index contributed by atoms with van der Waals surface area (Å²) in [6, 6.07) is 6.90. The molecule has 1 aliphatic heterocycles. The Bertz CT molecular complexity index is 668. The summed E-state index contributed by atoms with van der Waals surface area (Å²) in [4.78, 5) is 25.1. The molecule has 2 aromatic rings. The first kappa shape index (κ1) is 14.2. The van der Waals surface area contributed by atoms with Crippen molar-refractivity contribution in [3.63, 3.8) is 0 Å². The Kier molecular flexibility index (Phi) is 3.82. The molecule has 8 heteroatoms. The number of hydrogen-bond donors (Lipinski definition) is 1. The number of tetrazole rings is 1. The number of carboxylic acid groups (broad SMARTS) is 1. The number of rotatable bonds is 3. The maximum atomic E-state index is 12.5. The van der Waals surface area contributed by atoms with Crippen LogP contribution in [-0.2, 0) is 4.79 Å². The summed E-state index contributed by atoms with van der Waals surface area (Å²) in [6.07, 6.45) is 2.81. The molecule has 2 heterocycles. The third-order valence-electron chi connectivity index (χ3n) is 3.79. The van der Waals surface area contributed by atoms with E-state index in [9.17, 15) is 9.59 Å². The van der Waals surface area contributed by atoms with Crippen molar-refractivity contribution in [3.05, 3.63) is 36.2 Å². The molecule has 1 atom stereocenters. The molecule has 1 N–H and O–H groups in total. The van der Waals surface area contributed by atoms with Crippen molar-refractivity contribution < 1.29 is 14.7 Å². The summed E-state index contributed by atoms with van der Waals surface area (Å²) in [7, 11) is 0. The van der Waals surface area contributed by atoms with E-state index < -0.39 is 11.9 Å². The van der Waals surface area contributed by atoms with Crippen molar-refractivity contribution in [2.24, 2.45) is 5.92 Å². The van der Waals surface area contributed by atoms with E-state index in [2.05, 4.69) is 15.5 Å². The first-order valence-electron chi connectivity index (χ1n) is 7.00. The summed E-state index contributed by atoms with van der Waals surface area (Å²) >= 11 is 0. The maximum absolute atomic E-state index is 12.5. The number of hydrogen-bond acceptors (Lipinski definition) is 5. The van der Waals surface area contributed by atoms with Gasteiger partial charge >= 0.3 is 5.97 Å². The fourth-order valence-corrected chi connectivity index (χ4v) is 2.58. The molecule has 22 heavy (non-hydrogen) atoms. The number of nitrogens with zero attached hydrogens (tertiary/aromatic N) is 5. The highest BCUT2D eigenvalue weighted by atomic mass is 16.4. The summed E-state index contributed by atoms with van der Waals surface area (Å²) in [5.41, 5.74) is 1.28. The molecule has 0 aliphatic carbocycles. The summed E-state index contributed by atoms with van der Waals surface area (Å²) < 4.78 is 1.50. The van der Waals surface area contributed by atoms with Gasteiger partial charge in [-0.1, -0.05) is 0 Å². The SMILES string of the molecule is O=C(O)C1CCCN(C(=O)c2ccc(-n3cnnn3)cc2)C1. The van der Waals surface area contributed by atoms with E-state index in [1.807, 2.05) is 0 Å². The van der Waals surface area contributed by atoms with E-state index in [-0.39, 0.29) is 12.5 Å². The second-order valence-electron chi connectivity index (χ2n) is 5.23. The van der Waals surface area contributed by atoms with Crippen LogP contribution in [0.2, 0.25) is 0 Å². The zero-order chi connectivity index (χ0) is 15.5. The molecular weight excluding hydrogens is 286 g/mol. The van der Waals surface area contributed by atoms with Crippen LogP contribution in [0.25, 0.3) is 5.69 Å². The zero-order valence-electron chi connectivity index (χ0n) is 11.8. The Balaban J connectivity index is 1.73. The summed E-state index contributed by atoms with van der Waals surface area (Å²) in [5.74, 6) is -1.46. The lowest BCUT2D eigenvalue weighted by molar-refractivity contribution is -0.143. The molecule has 1 aromatic carbocycles. The zero-order valence-corrected chi connectivity index (χ0v) is 11.8. The number of carbonyl (C=O) groups excluding carboxylic acids is 1. The van der Waals surface area contributed by atoms with Crippen LogP contribution in [0.1, 0.15) is 23.2 Å². The van der Waals surface area contributed by atoms with Crippen LogP contribution in [0.5, 0.6) is 0 Å². The largest absolute Gasteiger partial charge is 0.481 e. The van der Waals surface area contributed by atoms with Crippen molar-refractivity contribution in [1.29, 1.82) is 0 Å². The van der Waals surface area contributed by atoms with Crippen LogP contribution >= 0.6 is 0 Å². The molecule has 1 aromatic heterocycles. The van der Waals surface area contributed by atoms with E-state index in [1.165, 1.54) is 11.0 Å². The highest BCUT2D eigenvalue weighted by Crippen LogP contribution is 2.19. The summed E-state index contributed by atoms with van der Waals surface area (Å²) in [5, 5.41) is 20.0. The number of likely N-dealkylation sites (tertiary alicyclic amines) is 1. The predicted octanol–water partition coefficient (Wildman–Crippen LogP) is 0.599. The molecule has 1 fully saturated rings. The Morgan fingerprint density at radius 3 is 2.64 bits per heavy atom. The Hall–Kier alpha value is -2.77. The van der Waals surface area contributed by atoms with E-state index in [0.29, 0.717) is 24.9 Å². The van der Waals surface area contributed by atoms with Crippen molar-refractivity contribution in [3.8, 4) is 5.69 Å². The molecule has 0 saturated carbocycles. The first-order valence-corrected chi connectivity index (χ1v) is 7.00.